The van der Waals surface area contributed by atoms with Crippen molar-refractivity contribution in [3.63, 3.8) is 0 Å². The van der Waals surface area contributed by atoms with E-state index >= 15 is 0 Å². The highest BCUT2D eigenvalue weighted by molar-refractivity contribution is 6.43. The summed E-state index contributed by atoms with van der Waals surface area (Å²) in [5.74, 6) is 0.570. The van der Waals surface area contributed by atoms with Gasteiger partial charge in [0.1, 0.15) is 23.7 Å². The smallest absolute Gasteiger partial charge is 0.407 e. The molecule has 2 N–H and O–H groups in total. The number of anilines is 1. The summed E-state index contributed by atoms with van der Waals surface area (Å²) in [6, 6.07) is 17.4. The van der Waals surface area contributed by atoms with Gasteiger partial charge in [0, 0.05) is 30.8 Å². The highest BCUT2D eigenvalue weighted by Gasteiger charge is 2.46. The molecule has 7 nitrogen and oxygen atoms in total. The predicted octanol–water partition coefficient (Wildman–Crippen LogP) is 7.79. The second kappa shape index (κ2) is 12.7. The number of aliphatic hydroxyl groups is 1. The van der Waals surface area contributed by atoms with Crippen molar-refractivity contribution in [2.45, 2.75) is 77.7 Å². The minimum absolute atomic E-state index is 0.0289. The molecule has 3 aromatic rings. The lowest BCUT2D eigenvalue weighted by molar-refractivity contribution is 0.0442. The number of nitrogens with one attached hydrogen (secondary N) is 1. The van der Waals surface area contributed by atoms with Gasteiger partial charge in [-0.25, -0.2) is 9.78 Å². The molecule has 0 unspecified atom stereocenters. The van der Waals surface area contributed by atoms with E-state index in [1.54, 1.807) is 6.07 Å². The van der Waals surface area contributed by atoms with Crippen molar-refractivity contribution in [1.29, 1.82) is 0 Å². The monoisotopic (exact) mass is 611 g/mol. The Bertz CT molecular complexity index is 1400. The number of nitrogens with zero attached hydrogens (tertiary/aromatic N) is 2. The number of hydrogen-bond donors (Lipinski definition) is 2. The molecule has 2 heterocycles. The zero-order valence-electron chi connectivity index (χ0n) is 24.5. The molecule has 1 saturated heterocycles. The fraction of sp³-hybridized carbons (Fsp3) is 0.455. The van der Waals surface area contributed by atoms with Crippen molar-refractivity contribution >= 4 is 35.0 Å². The van der Waals surface area contributed by atoms with E-state index in [2.05, 4.69) is 10.2 Å². The Labute approximate surface area is 258 Å². The van der Waals surface area contributed by atoms with Gasteiger partial charge in [-0.05, 0) is 63.5 Å². The second-order valence-corrected chi connectivity index (χ2v) is 13.1. The molecule has 5 rings (SSSR count). The number of halogens is 2. The number of carbonyl (C=O) groups excluding carboxylic acids is 1. The van der Waals surface area contributed by atoms with Crippen LogP contribution < -0.4 is 15.0 Å². The number of rotatable bonds is 7. The van der Waals surface area contributed by atoms with Crippen LogP contribution in [-0.2, 0) is 18.0 Å². The lowest BCUT2D eigenvalue weighted by Crippen LogP contribution is -2.51. The molecule has 1 saturated carbocycles. The van der Waals surface area contributed by atoms with E-state index in [0.717, 1.165) is 56.4 Å². The number of piperidine rings is 1. The van der Waals surface area contributed by atoms with Gasteiger partial charge in [-0.15, -0.1) is 0 Å². The van der Waals surface area contributed by atoms with Crippen LogP contribution in [0.4, 0.5) is 10.5 Å². The molecule has 0 radical (unpaired) electrons. The van der Waals surface area contributed by atoms with Gasteiger partial charge in [0.25, 0.3) is 0 Å². The van der Waals surface area contributed by atoms with E-state index in [4.69, 9.17) is 37.7 Å². The molecule has 42 heavy (non-hydrogen) atoms. The lowest BCUT2D eigenvalue weighted by Gasteiger charge is -2.44. The first-order chi connectivity index (χ1) is 20.1. The number of aliphatic hydroxyl groups excluding tert-OH is 1. The van der Waals surface area contributed by atoms with Crippen LogP contribution in [0.25, 0.3) is 11.3 Å². The minimum Gasteiger partial charge on any atom is -0.487 e. The Balaban J connectivity index is 1.41. The summed E-state index contributed by atoms with van der Waals surface area (Å²) in [5.41, 5.74) is 3.10. The van der Waals surface area contributed by atoms with Crippen molar-refractivity contribution < 1.29 is 19.4 Å². The molecular weight excluding hydrogens is 573 g/mol. The topological polar surface area (TPSA) is 83.9 Å². The van der Waals surface area contributed by atoms with Crippen molar-refractivity contribution in [3.8, 4) is 17.0 Å². The van der Waals surface area contributed by atoms with Gasteiger partial charge < -0.3 is 24.8 Å². The van der Waals surface area contributed by atoms with Gasteiger partial charge in [0.15, 0.2) is 0 Å². The fourth-order valence-corrected chi connectivity index (χ4v) is 6.63. The zero-order chi connectivity index (χ0) is 29.9. The molecule has 2 aromatic carbocycles. The molecule has 224 valence electrons. The number of pyridine rings is 1. The van der Waals surface area contributed by atoms with Crippen molar-refractivity contribution in [2.24, 2.45) is 5.41 Å². The standard InChI is InChI=1S/C33H39Cl2N3O4/c1-32(2,3)42-31(40)37-28-13-8-14-33(28)15-17-38(18-16-33)26-19-27(41-21-22-9-5-4-6-10-22)30(36-25(26)20-39)23-11-7-12-24(34)29(23)35/h4-7,9-12,19,28,39H,8,13-18,20-21H2,1-3H3,(H,37,40)/t28-/m1/s1. The van der Waals surface area contributed by atoms with Gasteiger partial charge in [-0.1, -0.05) is 72.1 Å². The fourth-order valence-electron chi connectivity index (χ4n) is 6.24. The average molecular weight is 613 g/mol. The van der Waals surface area contributed by atoms with E-state index in [0.29, 0.717) is 39.4 Å². The SMILES string of the molecule is CC(C)(C)OC(=O)N[C@@H]1CCCC12CCN(c1cc(OCc3ccccc3)c(-c3cccc(Cl)c3Cl)nc1CO)CC2. The molecule has 1 aliphatic carbocycles. The van der Waals surface area contributed by atoms with Crippen LogP contribution in [0.2, 0.25) is 10.0 Å². The van der Waals surface area contributed by atoms with Crippen LogP contribution >= 0.6 is 23.2 Å². The Morgan fingerprint density at radius 2 is 1.83 bits per heavy atom. The van der Waals surface area contributed by atoms with E-state index in [1.807, 2.05) is 69.3 Å². The van der Waals surface area contributed by atoms with Gasteiger partial charge in [0.05, 0.1) is 28.0 Å². The molecule has 1 aliphatic heterocycles. The van der Waals surface area contributed by atoms with Crippen molar-refractivity contribution in [2.75, 3.05) is 18.0 Å². The highest BCUT2D eigenvalue weighted by atomic mass is 35.5. The van der Waals surface area contributed by atoms with Crippen LogP contribution in [0.5, 0.6) is 5.75 Å². The third-order valence-electron chi connectivity index (χ3n) is 8.33. The molecule has 9 heteroatoms. The summed E-state index contributed by atoms with van der Waals surface area (Å²) in [6.45, 7) is 7.31. The van der Waals surface area contributed by atoms with Gasteiger partial charge in [-0.2, -0.15) is 0 Å². The largest absolute Gasteiger partial charge is 0.487 e. The Kier molecular flexibility index (Phi) is 9.21. The molecule has 1 atom stereocenters. The van der Waals surface area contributed by atoms with E-state index in [-0.39, 0.29) is 24.2 Å². The van der Waals surface area contributed by atoms with Crippen LogP contribution in [0.15, 0.2) is 54.6 Å². The summed E-state index contributed by atoms with van der Waals surface area (Å²) in [6.07, 6.45) is 4.59. The number of aromatic nitrogens is 1. The molecular formula is C33H39Cl2N3O4. The zero-order valence-corrected chi connectivity index (χ0v) is 26.0. The van der Waals surface area contributed by atoms with Gasteiger partial charge >= 0.3 is 6.09 Å². The average Bonchev–Trinajstić information content (AvgIpc) is 3.33. The number of benzene rings is 2. The maximum atomic E-state index is 12.6. The molecule has 2 aliphatic rings. The molecule has 1 aromatic heterocycles. The Morgan fingerprint density at radius 1 is 1.10 bits per heavy atom. The Hall–Kier alpha value is -3.00. The van der Waals surface area contributed by atoms with Crippen LogP contribution in [0.3, 0.4) is 0 Å². The summed E-state index contributed by atoms with van der Waals surface area (Å²) in [7, 11) is 0. The van der Waals surface area contributed by atoms with Gasteiger partial charge in [0.2, 0.25) is 0 Å². The number of carbonyl (C=O) groups is 1. The quantitative estimate of drug-likeness (QED) is 0.284. The minimum atomic E-state index is -0.533. The third kappa shape index (κ3) is 6.80. The number of hydrogen-bond acceptors (Lipinski definition) is 6. The number of ether oxygens (including phenoxy) is 2. The maximum Gasteiger partial charge on any atom is 0.407 e. The van der Waals surface area contributed by atoms with E-state index < -0.39 is 5.60 Å². The summed E-state index contributed by atoms with van der Waals surface area (Å²) >= 11 is 13.0. The van der Waals surface area contributed by atoms with Crippen molar-refractivity contribution in [1.82, 2.24) is 10.3 Å². The summed E-state index contributed by atoms with van der Waals surface area (Å²) < 4.78 is 11.9. The Morgan fingerprint density at radius 3 is 2.52 bits per heavy atom. The van der Waals surface area contributed by atoms with E-state index in [9.17, 15) is 9.90 Å². The second-order valence-electron chi connectivity index (χ2n) is 12.3. The predicted molar refractivity (Wildman–Crippen MR) is 167 cm³/mol. The first-order valence-corrected chi connectivity index (χ1v) is 15.3. The molecule has 0 bridgehead atoms. The first kappa shape index (κ1) is 30.5. The van der Waals surface area contributed by atoms with E-state index in [1.165, 1.54) is 0 Å². The lowest BCUT2D eigenvalue weighted by atomic mass is 9.74. The van der Waals surface area contributed by atoms with Crippen LogP contribution in [0.1, 0.15) is 64.1 Å². The molecule has 2 fully saturated rings. The first-order valence-electron chi connectivity index (χ1n) is 14.6. The van der Waals surface area contributed by atoms with Crippen molar-refractivity contribution in [3.05, 3.63) is 75.9 Å². The third-order valence-corrected chi connectivity index (χ3v) is 9.15. The van der Waals surface area contributed by atoms with Crippen LogP contribution in [0, 0.1) is 5.41 Å². The van der Waals surface area contributed by atoms with Crippen LogP contribution in [-0.4, -0.2) is 40.9 Å². The number of alkyl carbamates (subject to hydrolysis) is 1. The molecule has 1 amide bonds. The highest BCUT2D eigenvalue weighted by Crippen LogP contribution is 2.48. The maximum absolute atomic E-state index is 12.6. The summed E-state index contributed by atoms with van der Waals surface area (Å²) in [4.78, 5) is 19.8. The normalized spacial score (nSPS) is 18.2. The van der Waals surface area contributed by atoms with Gasteiger partial charge in [-0.3, -0.25) is 0 Å². The number of amides is 1. The molecule has 1 spiro atoms. The summed E-state index contributed by atoms with van der Waals surface area (Å²) in [5, 5.41) is 14.4.